The topological polar surface area (TPSA) is 80.7 Å². The summed E-state index contributed by atoms with van der Waals surface area (Å²) < 4.78 is 32.4. The summed E-state index contributed by atoms with van der Waals surface area (Å²) in [6.45, 7) is 0. The van der Waals surface area contributed by atoms with E-state index in [2.05, 4.69) is 0 Å². The number of carbonyl (C=O) groups excluding carboxylic acids is 2. The molecule has 1 N–H and O–H groups in total. The second kappa shape index (κ2) is 9.46. The average molecular weight is 458 g/mol. The number of carboxylic acids is 1. The molecule has 0 aromatic heterocycles. The highest BCUT2D eigenvalue weighted by Gasteiger charge is 2.17. The molecule has 0 amide bonds. The number of rotatable bonds is 7. The second-order valence-electron chi connectivity index (χ2n) is 7.35. The van der Waals surface area contributed by atoms with Gasteiger partial charge in [0.2, 0.25) is 0 Å². The van der Waals surface area contributed by atoms with Crippen molar-refractivity contribution in [1.82, 2.24) is 0 Å². The van der Waals surface area contributed by atoms with Crippen molar-refractivity contribution in [2.45, 2.75) is 0 Å². The zero-order chi connectivity index (χ0) is 24.2. The number of hydrogen-bond acceptors (Lipinski definition) is 4. The summed E-state index contributed by atoms with van der Waals surface area (Å²) in [4.78, 5) is 37.1. The van der Waals surface area contributed by atoms with Crippen LogP contribution >= 0.6 is 0 Å². The number of carbonyl (C=O) groups is 3. The molecule has 4 aromatic rings. The van der Waals surface area contributed by atoms with Crippen LogP contribution in [0.1, 0.15) is 42.2 Å². The Bertz CT molecular complexity index is 1300. The summed E-state index contributed by atoms with van der Waals surface area (Å²) >= 11 is 0. The molecule has 0 heterocycles. The highest BCUT2D eigenvalue weighted by molar-refractivity contribution is 6.13. The number of halogens is 2. The molecule has 0 spiro atoms. The van der Waals surface area contributed by atoms with Crippen LogP contribution in [0.2, 0.25) is 0 Å². The van der Waals surface area contributed by atoms with Gasteiger partial charge in [-0.2, -0.15) is 0 Å². The van der Waals surface area contributed by atoms with Gasteiger partial charge in [0, 0.05) is 22.3 Å². The molecular weight excluding hydrogens is 442 g/mol. The molecule has 0 fully saturated rings. The monoisotopic (exact) mass is 458 g/mol. The lowest BCUT2D eigenvalue weighted by molar-refractivity contribution is 0.0696. The molecule has 34 heavy (non-hydrogen) atoms. The number of ketones is 2. The smallest absolute Gasteiger partial charge is 0.335 e. The van der Waals surface area contributed by atoms with Crippen molar-refractivity contribution in [2.24, 2.45) is 0 Å². The molecular formula is C27H16F2O5. The minimum Gasteiger partial charge on any atom is -0.478 e. The van der Waals surface area contributed by atoms with Crippen LogP contribution < -0.4 is 4.74 Å². The molecule has 0 radical (unpaired) electrons. The third kappa shape index (κ3) is 5.05. The predicted molar refractivity (Wildman–Crippen MR) is 120 cm³/mol. The summed E-state index contributed by atoms with van der Waals surface area (Å²) in [7, 11) is 0. The van der Waals surface area contributed by atoms with Crippen LogP contribution in [0.3, 0.4) is 0 Å². The maximum Gasteiger partial charge on any atom is 0.335 e. The Kier molecular flexibility index (Phi) is 6.27. The summed E-state index contributed by atoms with van der Waals surface area (Å²) in [5.41, 5.74) is 0.738. The fourth-order valence-electron chi connectivity index (χ4n) is 3.26. The molecule has 5 nitrogen and oxygen atoms in total. The van der Waals surface area contributed by atoms with E-state index in [0.717, 1.165) is 24.3 Å². The third-order valence-electron chi connectivity index (χ3n) is 4.98. The van der Waals surface area contributed by atoms with Gasteiger partial charge in [-0.25, -0.2) is 13.6 Å². The van der Waals surface area contributed by atoms with Crippen LogP contribution in [0.4, 0.5) is 8.78 Å². The lowest BCUT2D eigenvalue weighted by Gasteiger charge is -2.11. The number of ether oxygens (including phenoxy) is 1. The summed E-state index contributed by atoms with van der Waals surface area (Å²) in [5.74, 6) is -2.56. The van der Waals surface area contributed by atoms with E-state index in [1.165, 1.54) is 66.7 Å². The molecule has 7 heteroatoms. The Labute approximate surface area is 192 Å². The Balaban J connectivity index is 1.74. The Morgan fingerprint density at radius 2 is 0.941 bits per heavy atom. The standard InChI is InChI=1S/C27H16F2O5/c28-21-7-1-16(2-8-21)25(30)19-13-20(26(31)17-3-9-22(29)10-4-17)15-24(14-19)34-23-11-5-18(6-12-23)27(32)33/h1-15H,(H,32,33). The molecule has 0 aliphatic rings. The molecule has 168 valence electrons. The summed E-state index contributed by atoms with van der Waals surface area (Å²) in [6.07, 6.45) is 0. The van der Waals surface area contributed by atoms with E-state index < -0.39 is 29.2 Å². The van der Waals surface area contributed by atoms with E-state index in [-0.39, 0.29) is 39.3 Å². The van der Waals surface area contributed by atoms with E-state index in [1.54, 1.807) is 0 Å². The van der Waals surface area contributed by atoms with E-state index >= 15 is 0 Å². The van der Waals surface area contributed by atoms with Gasteiger partial charge >= 0.3 is 5.97 Å². The summed E-state index contributed by atoms with van der Waals surface area (Å²) in [6, 6.07) is 19.8. The zero-order valence-corrected chi connectivity index (χ0v) is 17.5. The third-order valence-corrected chi connectivity index (χ3v) is 4.98. The van der Waals surface area contributed by atoms with Gasteiger partial charge < -0.3 is 9.84 Å². The molecule has 0 saturated heterocycles. The van der Waals surface area contributed by atoms with Gasteiger partial charge in [-0.3, -0.25) is 9.59 Å². The van der Waals surface area contributed by atoms with Crippen molar-refractivity contribution in [3.05, 3.63) is 130 Å². The minimum atomic E-state index is -1.09. The highest BCUT2D eigenvalue weighted by Crippen LogP contribution is 2.27. The maximum absolute atomic E-state index is 13.3. The van der Waals surface area contributed by atoms with Crippen LogP contribution in [0.25, 0.3) is 0 Å². The maximum atomic E-state index is 13.3. The normalized spacial score (nSPS) is 10.5. The molecule has 0 atom stereocenters. The predicted octanol–water partition coefficient (Wildman–Crippen LogP) is 5.92. The van der Waals surface area contributed by atoms with Crippen LogP contribution in [0.15, 0.2) is 91.0 Å². The van der Waals surface area contributed by atoms with Gasteiger partial charge in [-0.15, -0.1) is 0 Å². The first kappa shape index (κ1) is 22.5. The molecule has 0 aliphatic carbocycles. The number of aromatic carboxylic acids is 1. The lowest BCUT2D eigenvalue weighted by Crippen LogP contribution is -2.07. The molecule has 0 unspecified atom stereocenters. The van der Waals surface area contributed by atoms with Crippen molar-refractivity contribution in [3.8, 4) is 11.5 Å². The van der Waals surface area contributed by atoms with E-state index in [9.17, 15) is 23.2 Å². The van der Waals surface area contributed by atoms with Crippen LogP contribution in [-0.4, -0.2) is 22.6 Å². The van der Waals surface area contributed by atoms with Gasteiger partial charge in [0.15, 0.2) is 11.6 Å². The van der Waals surface area contributed by atoms with Crippen molar-refractivity contribution in [2.75, 3.05) is 0 Å². The Hall–Kier alpha value is -4.65. The van der Waals surface area contributed by atoms with Gasteiger partial charge in [0.1, 0.15) is 23.1 Å². The SMILES string of the molecule is O=C(O)c1ccc(Oc2cc(C(=O)c3ccc(F)cc3)cc(C(=O)c3ccc(F)cc3)c2)cc1. The molecule has 0 aliphatic heterocycles. The quantitative estimate of drug-likeness (QED) is 0.348. The van der Waals surface area contributed by atoms with E-state index in [4.69, 9.17) is 9.84 Å². The lowest BCUT2D eigenvalue weighted by atomic mass is 9.97. The van der Waals surface area contributed by atoms with Crippen LogP contribution in [-0.2, 0) is 0 Å². The fourth-order valence-corrected chi connectivity index (χ4v) is 3.26. The Morgan fingerprint density at radius 3 is 1.35 bits per heavy atom. The minimum absolute atomic E-state index is 0.0692. The molecule has 4 rings (SSSR count). The number of benzene rings is 4. The van der Waals surface area contributed by atoms with Crippen LogP contribution in [0, 0.1) is 11.6 Å². The molecule has 4 aromatic carbocycles. The molecule has 0 saturated carbocycles. The van der Waals surface area contributed by atoms with Crippen molar-refractivity contribution >= 4 is 17.5 Å². The first-order valence-corrected chi connectivity index (χ1v) is 10.1. The Morgan fingerprint density at radius 1 is 0.529 bits per heavy atom. The number of hydrogen-bond donors (Lipinski definition) is 1. The number of carboxylic acid groups (broad SMARTS) is 1. The van der Waals surface area contributed by atoms with Crippen LogP contribution in [0.5, 0.6) is 11.5 Å². The largest absolute Gasteiger partial charge is 0.478 e. The fraction of sp³-hybridized carbons (Fsp3) is 0. The first-order valence-electron chi connectivity index (χ1n) is 10.1. The van der Waals surface area contributed by atoms with Crippen molar-refractivity contribution in [3.63, 3.8) is 0 Å². The molecule has 0 bridgehead atoms. The summed E-state index contributed by atoms with van der Waals surface area (Å²) in [5, 5.41) is 9.05. The van der Waals surface area contributed by atoms with Gasteiger partial charge in [0.25, 0.3) is 0 Å². The van der Waals surface area contributed by atoms with Crippen molar-refractivity contribution < 1.29 is 33.0 Å². The van der Waals surface area contributed by atoms with Gasteiger partial charge in [-0.1, -0.05) is 0 Å². The van der Waals surface area contributed by atoms with Gasteiger partial charge in [-0.05, 0) is 91.0 Å². The van der Waals surface area contributed by atoms with Gasteiger partial charge in [0.05, 0.1) is 5.56 Å². The van der Waals surface area contributed by atoms with Crippen molar-refractivity contribution in [1.29, 1.82) is 0 Å². The first-order chi connectivity index (χ1) is 16.3. The van der Waals surface area contributed by atoms with E-state index in [0.29, 0.717) is 0 Å². The van der Waals surface area contributed by atoms with E-state index in [1.807, 2.05) is 0 Å². The highest BCUT2D eigenvalue weighted by atomic mass is 19.1. The average Bonchev–Trinajstić information content (AvgIpc) is 2.84. The zero-order valence-electron chi connectivity index (χ0n) is 17.5. The second-order valence-corrected chi connectivity index (χ2v) is 7.35.